The Morgan fingerprint density at radius 3 is 2.69 bits per heavy atom. The van der Waals surface area contributed by atoms with Gasteiger partial charge >= 0.3 is 0 Å². The number of rotatable bonds is 7. The molecular formula is C28H29N7O. The van der Waals surface area contributed by atoms with E-state index >= 15 is 0 Å². The maximum Gasteiger partial charge on any atom is 0.256 e. The zero-order chi connectivity index (χ0) is 24.7. The molecule has 0 aliphatic carbocycles. The molecule has 1 aromatic carbocycles. The van der Waals surface area contributed by atoms with Crippen molar-refractivity contribution in [2.45, 2.75) is 32.7 Å². The third-order valence-electron chi connectivity index (χ3n) is 6.30. The van der Waals surface area contributed by atoms with Crippen LogP contribution in [0.15, 0.2) is 73.3 Å². The standard InChI is InChI=1S/C28H29N7O/c1-20-10-11-21(17-25(20)33-27-23(8-6-13-30-27)24-12-14-29-19-31-24)28(36)34-26-9-5-7-22(32-26)18-35-15-3-2-4-16-35/h5-14,17,19H,2-4,15-16,18H2,1H3,(H,30,33)(H,32,34,36). The lowest BCUT2D eigenvalue weighted by atomic mass is 10.1. The van der Waals surface area contributed by atoms with E-state index in [4.69, 9.17) is 0 Å². The molecule has 1 fully saturated rings. The van der Waals surface area contributed by atoms with Crippen molar-refractivity contribution in [3.63, 3.8) is 0 Å². The molecule has 4 aromatic rings. The van der Waals surface area contributed by atoms with E-state index in [9.17, 15) is 4.79 Å². The monoisotopic (exact) mass is 479 g/mol. The molecule has 36 heavy (non-hydrogen) atoms. The van der Waals surface area contributed by atoms with Gasteiger partial charge in [-0.05, 0) is 80.9 Å². The highest BCUT2D eigenvalue weighted by molar-refractivity contribution is 6.04. The maximum atomic E-state index is 13.1. The Kier molecular flexibility index (Phi) is 7.23. The zero-order valence-electron chi connectivity index (χ0n) is 20.3. The Bertz CT molecular complexity index is 1340. The van der Waals surface area contributed by atoms with E-state index in [1.165, 1.54) is 25.6 Å². The summed E-state index contributed by atoms with van der Waals surface area (Å²) in [4.78, 5) is 33.0. The minimum atomic E-state index is -0.210. The van der Waals surface area contributed by atoms with Crippen LogP contribution in [0.25, 0.3) is 11.3 Å². The quantitative estimate of drug-likeness (QED) is 0.375. The summed E-state index contributed by atoms with van der Waals surface area (Å²) in [7, 11) is 0. The molecule has 0 unspecified atom stereocenters. The Balaban J connectivity index is 1.32. The molecule has 0 saturated carbocycles. The molecule has 1 amide bonds. The molecule has 5 rings (SSSR count). The topological polar surface area (TPSA) is 95.9 Å². The highest BCUT2D eigenvalue weighted by atomic mass is 16.1. The van der Waals surface area contributed by atoms with Crippen molar-refractivity contribution in [3.8, 4) is 11.3 Å². The molecule has 3 aromatic heterocycles. The van der Waals surface area contributed by atoms with E-state index in [2.05, 4.69) is 35.5 Å². The number of pyridine rings is 2. The van der Waals surface area contributed by atoms with Crippen molar-refractivity contribution in [2.24, 2.45) is 0 Å². The van der Waals surface area contributed by atoms with Crippen molar-refractivity contribution in [3.05, 3.63) is 90.1 Å². The van der Waals surface area contributed by atoms with Gasteiger partial charge in [-0.25, -0.2) is 19.9 Å². The van der Waals surface area contributed by atoms with Gasteiger partial charge in [0.25, 0.3) is 5.91 Å². The van der Waals surface area contributed by atoms with Crippen LogP contribution in [0.4, 0.5) is 17.3 Å². The van der Waals surface area contributed by atoms with E-state index < -0.39 is 0 Å². The van der Waals surface area contributed by atoms with Crippen LogP contribution in [0.5, 0.6) is 0 Å². The average Bonchev–Trinajstić information content (AvgIpc) is 2.91. The second-order valence-corrected chi connectivity index (χ2v) is 8.95. The number of benzene rings is 1. The Hall–Kier alpha value is -4.17. The SMILES string of the molecule is Cc1ccc(C(=O)Nc2cccc(CN3CCCCC3)n2)cc1Nc1ncccc1-c1ccncn1. The van der Waals surface area contributed by atoms with Crippen LogP contribution >= 0.6 is 0 Å². The lowest BCUT2D eigenvalue weighted by Crippen LogP contribution is -2.29. The number of aryl methyl sites for hydroxylation is 1. The Morgan fingerprint density at radius 2 is 1.86 bits per heavy atom. The molecule has 1 aliphatic heterocycles. The van der Waals surface area contributed by atoms with Crippen molar-refractivity contribution < 1.29 is 4.79 Å². The van der Waals surface area contributed by atoms with Gasteiger partial charge in [0.2, 0.25) is 0 Å². The van der Waals surface area contributed by atoms with Gasteiger partial charge in [-0.1, -0.05) is 18.6 Å². The summed E-state index contributed by atoms with van der Waals surface area (Å²) < 4.78 is 0. The first kappa shape index (κ1) is 23.6. The van der Waals surface area contributed by atoms with E-state index in [1.54, 1.807) is 12.4 Å². The molecule has 182 valence electrons. The van der Waals surface area contributed by atoms with Crippen LogP contribution in [0.1, 0.15) is 40.9 Å². The number of nitrogens with zero attached hydrogens (tertiary/aromatic N) is 5. The maximum absolute atomic E-state index is 13.1. The first-order chi connectivity index (χ1) is 17.7. The van der Waals surface area contributed by atoms with Gasteiger partial charge in [0.05, 0.1) is 11.4 Å². The van der Waals surface area contributed by atoms with Crippen LogP contribution in [-0.2, 0) is 6.54 Å². The van der Waals surface area contributed by atoms with Crippen molar-refractivity contribution in [1.29, 1.82) is 0 Å². The highest BCUT2D eigenvalue weighted by Gasteiger charge is 2.14. The summed E-state index contributed by atoms with van der Waals surface area (Å²) in [6, 6.07) is 17.0. The molecule has 0 bridgehead atoms. The Morgan fingerprint density at radius 1 is 0.972 bits per heavy atom. The van der Waals surface area contributed by atoms with Crippen LogP contribution in [0, 0.1) is 6.92 Å². The van der Waals surface area contributed by atoms with Gasteiger partial charge in [0.15, 0.2) is 0 Å². The third kappa shape index (κ3) is 5.72. The van der Waals surface area contributed by atoms with Gasteiger partial charge in [-0.3, -0.25) is 9.69 Å². The van der Waals surface area contributed by atoms with Crippen LogP contribution < -0.4 is 10.6 Å². The first-order valence-corrected chi connectivity index (χ1v) is 12.2. The number of nitrogens with one attached hydrogen (secondary N) is 2. The van der Waals surface area contributed by atoms with Crippen LogP contribution in [-0.4, -0.2) is 43.8 Å². The highest BCUT2D eigenvalue weighted by Crippen LogP contribution is 2.28. The van der Waals surface area contributed by atoms with Crippen LogP contribution in [0.3, 0.4) is 0 Å². The zero-order valence-corrected chi connectivity index (χ0v) is 20.3. The predicted molar refractivity (Wildman–Crippen MR) is 141 cm³/mol. The number of carbonyl (C=O) groups excluding carboxylic acids is 1. The van der Waals surface area contributed by atoms with E-state index in [0.717, 1.165) is 47.8 Å². The lowest BCUT2D eigenvalue weighted by molar-refractivity contribution is 0.102. The molecule has 0 radical (unpaired) electrons. The third-order valence-corrected chi connectivity index (χ3v) is 6.30. The molecule has 0 spiro atoms. The van der Waals surface area contributed by atoms with E-state index in [0.29, 0.717) is 17.2 Å². The molecule has 1 aliphatic rings. The number of likely N-dealkylation sites (tertiary alicyclic amines) is 1. The molecule has 4 heterocycles. The minimum Gasteiger partial charge on any atom is -0.339 e. The number of amides is 1. The fourth-order valence-electron chi connectivity index (χ4n) is 4.36. The van der Waals surface area contributed by atoms with Gasteiger partial charge in [0.1, 0.15) is 18.0 Å². The van der Waals surface area contributed by atoms with Crippen LogP contribution in [0.2, 0.25) is 0 Å². The second kappa shape index (κ2) is 11.0. The largest absolute Gasteiger partial charge is 0.339 e. The molecule has 0 atom stereocenters. The number of anilines is 3. The van der Waals surface area contributed by atoms with Gasteiger partial charge in [0, 0.05) is 35.8 Å². The van der Waals surface area contributed by atoms with Gasteiger partial charge in [-0.15, -0.1) is 0 Å². The summed E-state index contributed by atoms with van der Waals surface area (Å²) in [5, 5.41) is 6.34. The summed E-state index contributed by atoms with van der Waals surface area (Å²) in [6.45, 7) is 5.00. The van der Waals surface area contributed by atoms with Crippen molar-refractivity contribution in [1.82, 2.24) is 24.8 Å². The number of aromatic nitrogens is 4. The number of hydrogen-bond acceptors (Lipinski definition) is 7. The van der Waals surface area contributed by atoms with Gasteiger partial charge < -0.3 is 10.6 Å². The van der Waals surface area contributed by atoms with E-state index in [-0.39, 0.29) is 5.91 Å². The normalized spacial score (nSPS) is 13.8. The number of carbonyl (C=O) groups is 1. The number of piperidine rings is 1. The molecular weight excluding hydrogens is 450 g/mol. The fourth-order valence-corrected chi connectivity index (χ4v) is 4.36. The molecule has 1 saturated heterocycles. The molecule has 8 nitrogen and oxygen atoms in total. The van der Waals surface area contributed by atoms with Gasteiger partial charge in [-0.2, -0.15) is 0 Å². The van der Waals surface area contributed by atoms with E-state index in [1.807, 2.05) is 61.5 Å². The summed E-state index contributed by atoms with van der Waals surface area (Å²) >= 11 is 0. The predicted octanol–water partition coefficient (Wildman–Crippen LogP) is 5.22. The average molecular weight is 480 g/mol. The van der Waals surface area contributed by atoms with Crippen molar-refractivity contribution in [2.75, 3.05) is 23.7 Å². The fraction of sp³-hybridized carbons (Fsp3) is 0.250. The lowest BCUT2D eigenvalue weighted by Gasteiger charge is -2.26. The van der Waals surface area contributed by atoms with Crippen molar-refractivity contribution >= 4 is 23.2 Å². The second-order valence-electron chi connectivity index (χ2n) is 8.95. The number of hydrogen-bond donors (Lipinski definition) is 2. The summed E-state index contributed by atoms with van der Waals surface area (Å²) in [6.07, 6.45) is 8.71. The summed E-state index contributed by atoms with van der Waals surface area (Å²) in [5.74, 6) is 1.00. The first-order valence-electron chi connectivity index (χ1n) is 12.2. The smallest absolute Gasteiger partial charge is 0.256 e. The molecule has 2 N–H and O–H groups in total. The molecule has 8 heteroatoms. The summed E-state index contributed by atoms with van der Waals surface area (Å²) in [5.41, 5.74) is 4.90. The minimum absolute atomic E-state index is 0.210. The Labute approximate surface area is 210 Å².